The molecule has 0 atom stereocenters. The number of aliphatic hydroxyl groups is 1. The average molecular weight is 279 g/mol. The van der Waals surface area contributed by atoms with Crippen LogP contribution in [0.3, 0.4) is 0 Å². The molecule has 0 aliphatic heterocycles. The zero-order valence-corrected chi connectivity index (χ0v) is 12.6. The molecule has 1 amide bonds. The van der Waals surface area contributed by atoms with Gasteiger partial charge in [-0.2, -0.15) is 0 Å². The number of nitrogens with one attached hydrogen (secondary N) is 1. The van der Waals surface area contributed by atoms with E-state index in [1.165, 1.54) is 11.3 Å². The van der Waals surface area contributed by atoms with Gasteiger partial charge in [-0.15, -0.1) is 11.3 Å². The minimum atomic E-state index is -0.0375. The van der Waals surface area contributed by atoms with Crippen LogP contribution in [0.2, 0.25) is 0 Å². The van der Waals surface area contributed by atoms with Crippen molar-refractivity contribution in [1.82, 2.24) is 5.32 Å². The van der Waals surface area contributed by atoms with Gasteiger partial charge in [0, 0.05) is 13.0 Å². The molecule has 0 aliphatic rings. The Morgan fingerprint density at radius 2 is 2.16 bits per heavy atom. The van der Waals surface area contributed by atoms with E-state index in [9.17, 15) is 4.79 Å². The number of hydrogen-bond donors (Lipinski definition) is 2. The van der Waals surface area contributed by atoms with Crippen LogP contribution in [0.5, 0.6) is 0 Å². The van der Waals surface area contributed by atoms with E-state index < -0.39 is 0 Å². The van der Waals surface area contributed by atoms with E-state index >= 15 is 0 Å². The fourth-order valence-corrected chi connectivity index (χ4v) is 2.17. The Morgan fingerprint density at radius 1 is 1.42 bits per heavy atom. The Morgan fingerprint density at radius 3 is 2.79 bits per heavy atom. The van der Waals surface area contributed by atoms with E-state index in [4.69, 9.17) is 5.11 Å². The highest BCUT2D eigenvalue weighted by Crippen LogP contribution is 2.18. The number of carbonyl (C=O) groups is 1. The summed E-state index contributed by atoms with van der Waals surface area (Å²) in [6.45, 7) is 7.21. The van der Waals surface area contributed by atoms with Gasteiger partial charge in [0.1, 0.15) is 0 Å². The average Bonchev–Trinajstić information content (AvgIpc) is 2.76. The molecule has 2 N–H and O–H groups in total. The molecule has 1 heterocycles. The zero-order chi connectivity index (χ0) is 14.3. The third-order valence-electron chi connectivity index (χ3n) is 2.44. The van der Waals surface area contributed by atoms with Gasteiger partial charge in [0.05, 0.1) is 16.4 Å². The summed E-state index contributed by atoms with van der Waals surface area (Å²) in [5, 5.41) is 11.6. The maximum atomic E-state index is 11.9. The molecule has 0 bridgehead atoms. The van der Waals surface area contributed by atoms with Crippen molar-refractivity contribution in [3.8, 4) is 11.8 Å². The van der Waals surface area contributed by atoms with Crippen LogP contribution >= 0.6 is 11.3 Å². The number of amides is 1. The first-order valence-corrected chi connectivity index (χ1v) is 7.22. The molecule has 0 spiro atoms. The second kappa shape index (κ2) is 7.32. The molecule has 3 nitrogen and oxygen atoms in total. The third kappa shape index (κ3) is 6.42. The Bertz CT molecular complexity index is 474. The van der Waals surface area contributed by atoms with Crippen molar-refractivity contribution in [3.63, 3.8) is 0 Å². The fourth-order valence-electron chi connectivity index (χ4n) is 1.37. The Balaban J connectivity index is 2.48. The van der Waals surface area contributed by atoms with Crippen LogP contribution in [0, 0.1) is 17.3 Å². The minimum absolute atomic E-state index is 0.0375. The topological polar surface area (TPSA) is 49.3 Å². The smallest absolute Gasteiger partial charge is 0.261 e. The van der Waals surface area contributed by atoms with Crippen molar-refractivity contribution in [3.05, 3.63) is 21.9 Å². The Labute approximate surface area is 119 Å². The molecule has 0 unspecified atom stereocenters. The maximum absolute atomic E-state index is 11.9. The lowest BCUT2D eigenvalue weighted by molar-refractivity contribution is 0.0953. The number of thiophene rings is 1. The number of aliphatic hydroxyl groups excluding tert-OH is 1. The first kappa shape index (κ1) is 15.7. The van der Waals surface area contributed by atoms with E-state index in [0.29, 0.717) is 17.8 Å². The van der Waals surface area contributed by atoms with Crippen LogP contribution in [-0.2, 0) is 0 Å². The maximum Gasteiger partial charge on any atom is 0.261 e. The van der Waals surface area contributed by atoms with Gasteiger partial charge in [0.15, 0.2) is 0 Å². The summed E-state index contributed by atoms with van der Waals surface area (Å²) in [4.78, 5) is 13.4. The third-order valence-corrected chi connectivity index (χ3v) is 3.44. The lowest BCUT2D eigenvalue weighted by atomic mass is 9.92. The van der Waals surface area contributed by atoms with Crippen LogP contribution in [-0.4, -0.2) is 24.2 Å². The first-order chi connectivity index (χ1) is 8.92. The summed E-state index contributed by atoms with van der Waals surface area (Å²) < 4.78 is 0. The van der Waals surface area contributed by atoms with Crippen LogP contribution in [0.15, 0.2) is 12.1 Å². The van der Waals surface area contributed by atoms with E-state index in [-0.39, 0.29) is 17.9 Å². The number of rotatable bonds is 4. The van der Waals surface area contributed by atoms with E-state index in [2.05, 4.69) is 37.9 Å². The fraction of sp³-hybridized carbons (Fsp3) is 0.533. The van der Waals surface area contributed by atoms with Crippen molar-refractivity contribution in [2.75, 3.05) is 13.2 Å². The molecule has 4 heteroatoms. The molecule has 0 radical (unpaired) electrons. The van der Waals surface area contributed by atoms with Gasteiger partial charge in [-0.3, -0.25) is 4.79 Å². The van der Waals surface area contributed by atoms with E-state index in [0.717, 1.165) is 11.3 Å². The van der Waals surface area contributed by atoms with Crippen molar-refractivity contribution < 1.29 is 9.90 Å². The van der Waals surface area contributed by atoms with Gasteiger partial charge in [-0.05, 0) is 24.0 Å². The van der Waals surface area contributed by atoms with E-state index in [1.807, 2.05) is 6.07 Å². The summed E-state index contributed by atoms with van der Waals surface area (Å²) in [7, 11) is 0. The highest BCUT2D eigenvalue weighted by atomic mass is 32.1. The molecule has 104 valence electrons. The SMILES string of the molecule is CC(C)(C)CCNC(=O)c1ccc(C#CCCO)s1. The largest absolute Gasteiger partial charge is 0.395 e. The quantitative estimate of drug-likeness (QED) is 0.832. The van der Waals surface area contributed by atoms with Crippen LogP contribution in [0.4, 0.5) is 0 Å². The Hall–Kier alpha value is -1.31. The predicted octanol–water partition coefficient (Wildman–Crippen LogP) is 2.65. The first-order valence-electron chi connectivity index (χ1n) is 6.40. The molecule has 0 saturated carbocycles. The normalized spacial score (nSPS) is 10.7. The molecule has 0 saturated heterocycles. The molecule has 19 heavy (non-hydrogen) atoms. The summed E-state index contributed by atoms with van der Waals surface area (Å²) in [5.74, 6) is 5.74. The summed E-state index contributed by atoms with van der Waals surface area (Å²) in [6.07, 6.45) is 1.41. The lowest BCUT2D eigenvalue weighted by Gasteiger charge is -2.17. The van der Waals surface area contributed by atoms with Crippen molar-refractivity contribution in [2.24, 2.45) is 5.41 Å². The molecule has 0 aromatic carbocycles. The molecule has 1 aromatic rings. The molecular formula is C15H21NO2S. The lowest BCUT2D eigenvalue weighted by Crippen LogP contribution is -2.26. The monoisotopic (exact) mass is 279 g/mol. The highest BCUT2D eigenvalue weighted by Gasteiger charge is 2.12. The zero-order valence-electron chi connectivity index (χ0n) is 11.7. The van der Waals surface area contributed by atoms with Crippen LogP contribution in [0.1, 0.15) is 48.2 Å². The van der Waals surface area contributed by atoms with Crippen molar-refractivity contribution >= 4 is 17.2 Å². The van der Waals surface area contributed by atoms with Gasteiger partial charge in [-0.25, -0.2) is 0 Å². The Kier molecular flexibility index (Phi) is 6.07. The second-order valence-electron chi connectivity index (χ2n) is 5.51. The second-order valence-corrected chi connectivity index (χ2v) is 6.59. The van der Waals surface area contributed by atoms with Crippen LogP contribution in [0.25, 0.3) is 0 Å². The molecule has 1 aromatic heterocycles. The van der Waals surface area contributed by atoms with Crippen molar-refractivity contribution in [1.29, 1.82) is 0 Å². The minimum Gasteiger partial charge on any atom is -0.395 e. The highest BCUT2D eigenvalue weighted by molar-refractivity contribution is 7.14. The van der Waals surface area contributed by atoms with Gasteiger partial charge < -0.3 is 10.4 Å². The standard InChI is InChI=1S/C15H21NO2S/c1-15(2,3)9-10-16-14(18)13-8-7-12(19-13)6-4-5-11-17/h7-8,17H,5,9-11H2,1-3H3,(H,16,18). The number of hydrogen-bond acceptors (Lipinski definition) is 3. The van der Waals surface area contributed by atoms with Gasteiger partial charge in [0.25, 0.3) is 5.91 Å². The van der Waals surface area contributed by atoms with Gasteiger partial charge >= 0.3 is 0 Å². The predicted molar refractivity (Wildman–Crippen MR) is 79.3 cm³/mol. The summed E-state index contributed by atoms with van der Waals surface area (Å²) in [6, 6.07) is 3.63. The summed E-state index contributed by atoms with van der Waals surface area (Å²) in [5.41, 5.74) is 0.226. The molecule has 0 fully saturated rings. The van der Waals surface area contributed by atoms with Gasteiger partial charge in [0.2, 0.25) is 0 Å². The molecule has 1 rings (SSSR count). The molecule has 0 aliphatic carbocycles. The number of carbonyl (C=O) groups excluding carboxylic acids is 1. The summed E-state index contributed by atoms with van der Waals surface area (Å²) >= 11 is 1.38. The molecular weight excluding hydrogens is 258 g/mol. The van der Waals surface area contributed by atoms with Gasteiger partial charge in [-0.1, -0.05) is 32.6 Å². The van der Waals surface area contributed by atoms with Crippen LogP contribution < -0.4 is 5.32 Å². The van der Waals surface area contributed by atoms with E-state index in [1.54, 1.807) is 6.07 Å². The van der Waals surface area contributed by atoms with Crippen molar-refractivity contribution in [2.45, 2.75) is 33.6 Å².